The van der Waals surface area contributed by atoms with Crippen LogP contribution in [0.15, 0.2) is 87.2 Å². The Bertz CT molecular complexity index is 1720. The third-order valence-corrected chi connectivity index (χ3v) is 9.01. The smallest absolute Gasteiger partial charge is 0.420 e. The summed E-state index contributed by atoms with van der Waals surface area (Å²) in [5.74, 6) is -0.307. The second kappa shape index (κ2) is 10.9. The molecule has 41 heavy (non-hydrogen) atoms. The molecular weight excluding hydrogens is 565 g/mol. The van der Waals surface area contributed by atoms with Gasteiger partial charge in [0.25, 0.3) is 0 Å². The van der Waals surface area contributed by atoms with E-state index in [0.717, 1.165) is 67.4 Å². The molecule has 1 spiro atoms. The largest absolute Gasteiger partial charge is 0.487 e. The van der Waals surface area contributed by atoms with Gasteiger partial charge in [-0.05, 0) is 24.5 Å². The summed E-state index contributed by atoms with van der Waals surface area (Å²) < 4.78 is 38.3. The van der Waals surface area contributed by atoms with Crippen molar-refractivity contribution in [1.82, 2.24) is 18.8 Å². The standard InChI is InChI=1S/C29H26FN5O4S2/c30-21-14-22-25(15-26(21)41-39-33-27-31-18-32-40-27)37-28(36)35(22)23-16-29(38-24-9-5-4-8-20(23)24)10-12-34(13-11-29)17-19-6-2-1-3-7-19/h1-9,14-15,18,23H,10-13,16-17H2,(H,31,32,33). The lowest BCUT2D eigenvalue weighted by molar-refractivity contribution is -0.0267. The number of halogens is 1. The zero-order valence-electron chi connectivity index (χ0n) is 21.9. The second-order valence-electron chi connectivity index (χ2n) is 10.3. The van der Waals surface area contributed by atoms with Crippen LogP contribution in [-0.4, -0.2) is 37.5 Å². The van der Waals surface area contributed by atoms with Crippen molar-refractivity contribution < 1.29 is 17.8 Å². The summed E-state index contributed by atoms with van der Waals surface area (Å²) in [5, 5.41) is 0.440. The van der Waals surface area contributed by atoms with Crippen LogP contribution in [0.3, 0.4) is 0 Å². The lowest BCUT2D eigenvalue weighted by Gasteiger charge is -2.47. The first-order valence-electron chi connectivity index (χ1n) is 13.3. The Labute approximate surface area is 243 Å². The van der Waals surface area contributed by atoms with E-state index < -0.39 is 17.2 Å². The average molecular weight is 592 g/mol. The molecule has 7 rings (SSSR count). The van der Waals surface area contributed by atoms with Crippen molar-refractivity contribution in [3.63, 3.8) is 0 Å². The third-order valence-electron chi connectivity index (χ3n) is 7.79. The molecular formula is C29H26FN5O4S2. The molecule has 4 heterocycles. The van der Waals surface area contributed by atoms with Crippen LogP contribution in [0.4, 0.5) is 9.52 Å². The van der Waals surface area contributed by atoms with Gasteiger partial charge in [-0.3, -0.25) is 9.47 Å². The van der Waals surface area contributed by atoms with E-state index in [9.17, 15) is 4.79 Å². The van der Waals surface area contributed by atoms with Gasteiger partial charge in [-0.25, -0.2) is 19.6 Å². The third kappa shape index (κ3) is 5.23. The summed E-state index contributed by atoms with van der Waals surface area (Å²) >= 11 is 1.88. The number of benzene rings is 3. The lowest BCUT2D eigenvalue weighted by Crippen LogP contribution is -2.51. The maximum atomic E-state index is 15.3. The van der Waals surface area contributed by atoms with Gasteiger partial charge in [0.1, 0.15) is 23.5 Å². The molecule has 1 saturated heterocycles. The summed E-state index contributed by atoms with van der Waals surface area (Å²) in [7, 11) is 0. The molecule has 9 nitrogen and oxygen atoms in total. The van der Waals surface area contributed by atoms with Crippen molar-refractivity contribution in [2.24, 2.45) is 0 Å². The van der Waals surface area contributed by atoms with Crippen LogP contribution < -0.4 is 16.0 Å². The number of hydrogen-bond donors (Lipinski definition) is 1. The minimum atomic E-state index is -0.534. The number of ether oxygens (including phenoxy) is 1. The molecule has 0 radical (unpaired) electrons. The molecule has 1 unspecified atom stereocenters. The second-order valence-corrected chi connectivity index (χ2v) is 11.9. The van der Waals surface area contributed by atoms with Gasteiger partial charge in [-0.2, -0.15) is 8.66 Å². The SMILES string of the molecule is O=c1oc2cc(SONc3ncns3)c(F)cc2n1C1CC2(CCN(Cc3ccccc3)CC2)Oc2ccccc21. The highest BCUT2D eigenvalue weighted by atomic mass is 32.2. The number of para-hydroxylation sites is 1. The van der Waals surface area contributed by atoms with Gasteiger partial charge in [0.15, 0.2) is 5.58 Å². The highest BCUT2D eigenvalue weighted by molar-refractivity contribution is 7.94. The van der Waals surface area contributed by atoms with E-state index in [4.69, 9.17) is 13.4 Å². The molecule has 12 heteroatoms. The molecule has 210 valence electrons. The van der Waals surface area contributed by atoms with Gasteiger partial charge < -0.3 is 9.15 Å². The Balaban J connectivity index is 1.16. The molecule has 1 fully saturated rings. The summed E-state index contributed by atoms with van der Waals surface area (Å²) in [5.41, 5.74) is 5.02. The first kappa shape index (κ1) is 26.2. The number of anilines is 1. The Morgan fingerprint density at radius 3 is 2.73 bits per heavy atom. The number of hydrogen-bond acceptors (Lipinski definition) is 10. The van der Waals surface area contributed by atoms with E-state index >= 15 is 4.39 Å². The molecule has 1 atom stereocenters. The summed E-state index contributed by atoms with van der Waals surface area (Å²) in [4.78, 5) is 19.9. The van der Waals surface area contributed by atoms with Crippen molar-refractivity contribution >= 4 is 39.8 Å². The predicted octanol–water partition coefficient (Wildman–Crippen LogP) is 6.04. The first-order valence-corrected chi connectivity index (χ1v) is 14.8. The monoisotopic (exact) mass is 591 g/mol. The number of fused-ring (bicyclic) bond motifs is 2. The summed E-state index contributed by atoms with van der Waals surface area (Å²) in [6, 6.07) is 20.7. The van der Waals surface area contributed by atoms with Crippen molar-refractivity contribution in [2.45, 2.75) is 42.3 Å². The van der Waals surface area contributed by atoms with Gasteiger partial charge in [-0.1, -0.05) is 48.5 Å². The average Bonchev–Trinajstić information content (AvgIpc) is 3.61. The van der Waals surface area contributed by atoms with Gasteiger partial charge in [0.2, 0.25) is 5.13 Å². The van der Waals surface area contributed by atoms with Crippen LogP contribution in [0, 0.1) is 5.82 Å². The molecule has 5 aromatic rings. The molecule has 0 amide bonds. The van der Waals surface area contributed by atoms with E-state index in [2.05, 4.69) is 44.0 Å². The van der Waals surface area contributed by atoms with E-state index in [-0.39, 0.29) is 16.5 Å². The Morgan fingerprint density at radius 1 is 1.12 bits per heavy atom. The quantitative estimate of drug-likeness (QED) is 0.179. The van der Waals surface area contributed by atoms with E-state index in [1.807, 2.05) is 30.3 Å². The van der Waals surface area contributed by atoms with Crippen LogP contribution in [0.2, 0.25) is 0 Å². The fourth-order valence-electron chi connectivity index (χ4n) is 5.80. The number of nitrogens with zero attached hydrogens (tertiary/aromatic N) is 4. The van der Waals surface area contributed by atoms with Crippen molar-refractivity contribution in [3.05, 3.63) is 101 Å². The summed E-state index contributed by atoms with van der Waals surface area (Å²) in [6.07, 6.45) is 3.62. The van der Waals surface area contributed by atoms with E-state index in [1.54, 1.807) is 4.57 Å². The van der Waals surface area contributed by atoms with Crippen molar-refractivity contribution in [2.75, 3.05) is 18.6 Å². The fourth-order valence-corrected chi connectivity index (χ4v) is 6.72. The Kier molecular flexibility index (Phi) is 6.99. The molecule has 0 saturated carbocycles. The van der Waals surface area contributed by atoms with Crippen LogP contribution in [0.1, 0.15) is 36.4 Å². The molecule has 1 N–H and O–H groups in total. The van der Waals surface area contributed by atoms with Crippen LogP contribution in [-0.2, 0) is 10.8 Å². The molecule has 0 bridgehead atoms. The van der Waals surface area contributed by atoms with Crippen molar-refractivity contribution in [1.29, 1.82) is 0 Å². The van der Waals surface area contributed by atoms with Crippen LogP contribution >= 0.6 is 23.6 Å². The number of rotatable bonds is 7. The van der Waals surface area contributed by atoms with Crippen LogP contribution in [0.25, 0.3) is 11.1 Å². The normalized spacial score (nSPS) is 18.3. The zero-order chi connectivity index (χ0) is 27.8. The minimum Gasteiger partial charge on any atom is -0.487 e. The molecule has 3 aromatic carbocycles. The topological polar surface area (TPSA) is 94.7 Å². The van der Waals surface area contributed by atoms with Gasteiger partial charge in [-0.15, -0.1) is 0 Å². The number of likely N-dealkylation sites (tertiary alicyclic amines) is 1. The van der Waals surface area contributed by atoms with Crippen molar-refractivity contribution in [3.8, 4) is 5.75 Å². The number of oxazole rings is 1. The number of piperidine rings is 1. The molecule has 0 aliphatic carbocycles. The Hall–Kier alpha value is -3.71. The zero-order valence-corrected chi connectivity index (χ0v) is 23.5. The molecule has 2 aromatic heterocycles. The van der Waals surface area contributed by atoms with Gasteiger partial charge in [0, 0.05) is 55.3 Å². The maximum Gasteiger partial charge on any atom is 0.420 e. The first-order chi connectivity index (χ1) is 20.1. The number of aromatic nitrogens is 3. The maximum absolute atomic E-state index is 15.3. The molecule has 2 aliphatic rings. The fraction of sp³-hybridized carbons (Fsp3) is 0.276. The predicted molar refractivity (Wildman–Crippen MR) is 154 cm³/mol. The minimum absolute atomic E-state index is 0.171. The highest BCUT2D eigenvalue weighted by Gasteiger charge is 2.44. The Morgan fingerprint density at radius 2 is 1.93 bits per heavy atom. The van der Waals surface area contributed by atoms with Crippen LogP contribution in [0.5, 0.6) is 5.75 Å². The highest BCUT2D eigenvalue weighted by Crippen LogP contribution is 2.46. The lowest BCUT2D eigenvalue weighted by atomic mass is 9.80. The number of nitrogens with one attached hydrogen (secondary N) is 1. The van der Waals surface area contributed by atoms with E-state index in [1.165, 1.54) is 24.0 Å². The summed E-state index contributed by atoms with van der Waals surface area (Å²) in [6.45, 7) is 2.65. The molecule has 2 aliphatic heterocycles. The van der Waals surface area contributed by atoms with Gasteiger partial charge in [0.05, 0.1) is 28.5 Å². The van der Waals surface area contributed by atoms with Gasteiger partial charge >= 0.3 is 5.76 Å². The van der Waals surface area contributed by atoms with E-state index in [0.29, 0.717) is 17.1 Å².